The lowest BCUT2D eigenvalue weighted by molar-refractivity contribution is 0.587. The fourth-order valence-corrected chi connectivity index (χ4v) is 3.75. The molecule has 0 aromatic heterocycles. The third-order valence-electron chi connectivity index (χ3n) is 3.13. The number of aryl methyl sites for hydroxylation is 2. The summed E-state index contributed by atoms with van der Waals surface area (Å²) >= 11 is 0. The minimum absolute atomic E-state index is 0.0429. The number of hydrogen-bond donors (Lipinski definition) is 1. The quantitative estimate of drug-likeness (QED) is 0.885. The molecule has 106 valence electrons. The van der Waals surface area contributed by atoms with Crippen molar-refractivity contribution in [2.75, 3.05) is 5.73 Å². The summed E-state index contributed by atoms with van der Waals surface area (Å²) in [5.74, 6) is -1.06. The maximum absolute atomic E-state index is 13.8. The molecule has 0 amide bonds. The second-order valence-electron chi connectivity index (χ2n) is 4.85. The first kappa shape index (κ1) is 14.5. The van der Waals surface area contributed by atoms with Crippen LogP contribution in [-0.2, 0) is 15.6 Å². The molecule has 2 rings (SSSR count). The Morgan fingerprint density at radius 1 is 1.15 bits per heavy atom. The lowest BCUT2D eigenvalue weighted by Crippen LogP contribution is -2.09. The topological polar surface area (TPSA) is 60.2 Å². The van der Waals surface area contributed by atoms with E-state index < -0.39 is 21.4 Å². The SMILES string of the molecule is Cc1ccc(C)c(S(=O)(=O)Cc2cccc(N)c2F)c1. The van der Waals surface area contributed by atoms with Crippen LogP contribution in [0.3, 0.4) is 0 Å². The highest BCUT2D eigenvalue weighted by molar-refractivity contribution is 7.90. The van der Waals surface area contributed by atoms with Crippen molar-refractivity contribution in [2.24, 2.45) is 0 Å². The number of sulfone groups is 1. The molecule has 0 bridgehead atoms. The van der Waals surface area contributed by atoms with Crippen LogP contribution < -0.4 is 5.73 Å². The van der Waals surface area contributed by atoms with Crippen molar-refractivity contribution in [3.63, 3.8) is 0 Å². The first-order chi connectivity index (χ1) is 9.31. The predicted molar refractivity (Wildman–Crippen MR) is 77.6 cm³/mol. The van der Waals surface area contributed by atoms with Gasteiger partial charge in [-0.05, 0) is 37.1 Å². The molecule has 0 fully saturated rings. The van der Waals surface area contributed by atoms with Gasteiger partial charge in [-0.2, -0.15) is 0 Å². The Hall–Kier alpha value is -1.88. The first-order valence-corrected chi connectivity index (χ1v) is 7.79. The van der Waals surface area contributed by atoms with Crippen molar-refractivity contribution >= 4 is 15.5 Å². The van der Waals surface area contributed by atoms with Crippen LogP contribution in [0.1, 0.15) is 16.7 Å². The average Bonchev–Trinajstić information content (AvgIpc) is 2.37. The molecule has 0 radical (unpaired) electrons. The van der Waals surface area contributed by atoms with Crippen molar-refractivity contribution < 1.29 is 12.8 Å². The molecule has 0 aliphatic heterocycles. The zero-order valence-corrected chi connectivity index (χ0v) is 12.2. The number of nitrogens with two attached hydrogens (primary N) is 1. The molecule has 0 atom stereocenters. The zero-order valence-electron chi connectivity index (χ0n) is 11.4. The van der Waals surface area contributed by atoms with E-state index in [0.29, 0.717) is 5.56 Å². The maximum atomic E-state index is 13.8. The molecule has 0 saturated carbocycles. The lowest BCUT2D eigenvalue weighted by Gasteiger charge is -2.10. The molecular weight excluding hydrogens is 277 g/mol. The Balaban J connectivity index is 2.46. The van der Waals surface area contributed by atoms with E-state index >= 15 is 0 Å². The van der Waals surface area contributed by atoms with E-state index in [-0.39, 0.29) is 16.1 Å². The largest absolute Gasteiger partial charge is 0.396 e. The number of halogens is 1. The van der Waals surface area contributed by atoms with Gasteiger partial charge in [0.25, 0.3) is 0 Å². The highest BCUT2D eigenvalue weighted by Gasteiger charge is 2.20. The molecule has 5 heteroatoms. The molecule has 0 aliphatic carbocycles. The highest BCUT2D eigenvalue weighted by atomic mass is 32.2. The molecular formula is C15H16FNO2S. The molecule has 0 spiro atoms. The highest BCUT2D eigenvalue weighted by Crippen LogP contribution is 2.24. The summed E-state index contributed by atoms with van der Waals surface area (Å²) in [7, 11) is -3.60. The van der Waals surface area contributed by atoms with E-state index in [2.05, 4.69) is 0 Å². The van der Waals surface area contributed by atoms with Crippen LogP contribution in [0.5, 0.6) is 0 Å². The average molecular weight is 293 g/mol. The van der Waals surface area contributed by atoms with Gasteiger partial charge in [0.05, 0.1) is 16.3 Å². The Kier molecular flexibility index (Phi) is 3.81. The fourth-order valence-electron chi connectivity index (χ4n) is 2.04. The summed E-state index contributed by atoms with van der Waals surface area (Å²) in [5.41, 5.74) is 7.01. The van der Waals surface area contributed by atoms with Gasteiger partial charge in [-0.15, -0.1) is 0 Å². The van der Waals surface area contributed by atoms with Crippen molar-refractivity contribution in [1.82, 2.24) is 0 Å². The number of rotatable bonds is 3. The fraction of sp³-hybridized carbons (Fsp3) is 0.200. The monoisotopic (exact) mass is 293 g/mol. The smallest absolute Gasteiger partial charge is 0.182 e. The summed E-state index contributed by atoms with van der Waals surface area (Å²) in [6.45, 7) is 3.54. The molecule has 0 saturated heterocycles. The van der Waals surface area contributed by atoms with Gasteiger partial charge in [-0.3, -0.25) is 0 Å². The standard InChI is InChI=1S/C15H16FNO2S/c1-10-6-7-11(2)14(8-10)20(18,19)9-12-4-3-5-13(17)15(12)16/h3-8H,9,17H2,1-2H3. The molecule has 2 N–H and O–H groups in total. The summed E-state index contributed by atoms with van der Waals surface area (Å²) in [5, 5.41) is 0. The molecule has 20 heavy (non-hydrogen) atoms. The molecule has 2 aromatic carbocycles. The Morgan fingerprint density at radius 2 is 1.85 bits per heavy atom. The first-order valence-electron chi connectivity index (χ1n) is 6.14. The van der Waals surface area contributed by atoms with Gasteiger partial charge in [-0.1, -0.05) is 24.3 Å². The minimum atomic E-state index is -3.60. The predicted octanol–water partition coefficient (Wildman–Crippen LogP) is 3.00. The van der Waals surface area contributed by atoms with E-state index in [1.807, 2.05) is 13.0 Å². The van der Waals surface area contributed by atoms with Crippen LogP contribution in [0.2, 0.25) is 0 Å². The van der Waals surface area contributed by atoms with Crippen molar-refractivity contribution in [2.45, 2.75) is 24.5 Å². The van der Waals surface area contributed by atoms with Gasteiger partial charge >= 0.3 is 0 Å². The molecule has 0 unspecified atom stereocenters. The minimum Gasteiger partial charge on any atom is -0.396 e. The van der Waals surface area contributed by atoms with Crippen LogP contribution in [0.25, 0.3) is 0 Å². The summed E-state index contributed by atoms with van der Waals surface area (Å²) < 4.78 is 38.7. The third kappa shape index (κ3) is 2.82. The van der Waals surface area contributed by atoms with Gasteiger partial charge in [0.15, 0.2) is 9.84 Å². The Bertz CT molecular complexity index is 754. The normalized spacial score (nSPS) is 11.6. The third-order valence-corrected chi connectivity index (χ3v) is 4.93. The summed E-state index contributed by atoms with van der Waals surface area (Å²) in [4.78, 5) is 0.235. The zero-order chi connectivity index (χ0) is 14.9. The number of nitrogen functional groups attached to an aromatic ring is 1. The summed E-state index contributed by atoms with van der Waals surface area (Å²) in [6.07, 6.45) is 0. The van der Waals surface area contributed by atoms with E-state index in [0.717, 1.165) is 5.56 Å². The van der Waals surface area contributed by atoms with E-state index in [4.69, 9.17) is 5.73 Å². The van der Waals surface area contributed by atoms with E-state index in [9.17, 15) is 12.8 Å². The van der Waals surface area contributed by atoms with Gasteiger partial charge in [-0.25, -0.2) is 12.8 Å². The van der Waals surface area contributed by atoms with Crippen LogP contribution in [0, 0.1) is 19.7 Å². The van der Waals surface area contributed by atoms with Gasteiger partial charge in [0, 0.05) is 5.56 Å². The van der Waals surface area contributed by atoms with Gasteiger partial charge in [0.1, 0.15) is 5.82 Å². The summed E-state index contributed by atoms with van der Waals surface area (Å²) in [6, 6.07) is 9.59. The molecule has 3 nitrogen and oxygen atoms in total. The number of benzene rings is 2. The number of hydrogen-bond acceptors (Lipinski definition) is 3. The van der Waals surface area contributed by atoms with Crippen molar-refractivity contribution in [3.05, 3.63) is 58.9 Å². The van der Waals surface area contributed by atoms with Crippen molar-refractivity contribution in [1.29, 1.82) is 0 Å². The van der Waals surface area contributed by atoms with Gasteiger partial charge in [0.2, 0.25) is 0 Å². The van der Waals surface area contributed by atoms with E-state index in [1.54, 1.807) is 25.1 Å². The van der Waals surface area contributed by atoms with Crippen LogP contribution in [0.4, 0.5) is 10.1 Å². The molecule has 2 aromatic rings. The van der Waals surface area contributed by atoms with Crippen molar-refractivity contribution in [3.8, 4) is 0 Å². The molecule has 0 aliphatic rings. The van der Waals surface area contributed by atoms with Crippen LogP contribution in [-0.4, -0.2) is 8.42 Å². The van der Waals surface area contributed by atoms with Crippen LogP contribution in [0.15, 0.2) is 41.3 Å². The second-order valence-corrected chi connectivity index (χ2v) is 6.81. The molecule has 0 heterocycles. The van der Waals surface area contributed by atoms with Gasteiger partial charge < -0.3 is 5.73 Å². The lowest BCUT2D eigenvalue weighted by atomic mass is 10.2. The van der Waals surface area contributed by atoms with E-state index in [1.165, 1.54) is 12.1 Å². The van der Waals surface area contributed by atoms with Crippen LogP contribution >= 0.6 is 0 Å². The Labute approximate surface area is 118 Å². The maximum Gasteiger partial charge on any atom is 0.182 e. The second kappa shape index (κ2) is 5.25. The Morgan fingerprint density at radius 3 is 2.55 bits per heavy atom. The number of anilines is 1.